The van der Waals surface area contributed by atoms with Gasteiger partial charge in [-0.15, -0.1) is 0 Å². The van der Waals surface area contributed by atoms with Gasteiger partial charge in [-0.3, -0.25) is 4.79 Å². The molecule has 1 amide bonds. The number of nitrogens with zero attached hydrogens (tertiary/aromatic N) is 1. The maximum Gasteiger partial charge on any atom is 0.253 e. The first-order valence-corrected chi connectivity index (χ1v) is 10.9. The quantitative estimate of drug-likeness (QED) is 0.681. The van der Waals surface area contributed by atoms with E-state index < -0.39 is 0 Å². The van der Waals surface area contributed by atoms with Crippen LogP contribution in [0.4, 0.5) is 4.39 Å². The maximum absolute atomic E-state index is 13.1. The summed E-state index contributed by atoms with van der Waals surface area (Å²) in [5.74, 6) is 0.142. The first-order chi connectivity index (χ1) is 14.5. The van der Waals surface area contributed by atoms with Crippen LogP contribution in [0, 0.1) is 5.82 Å². The van der Waals surface area contributed by atoms with Crippen molar-refractivity contribution in [2.75, 3.05) is 20.7 Å². The molecule has 2 aromatic carbocycles. The zero-order chi connectivity index (χ0) is 21.5. The van der Waals surface area contributed by atoms with Gasteiger partial charge in [0.1, 0.15) is 5.82 Å². The van der Waals surface area contributed by atoms with E-state index in [1.54, 1.807) is 12.1 Å². The predicted octanol–water partition coefficient (Wildman–Crippen LogP) is 4.27. The summed E-state index contributed by atoms with van der Waals surface area (Å²) in [5, 5.41) is 12.4. The first-order valence-electron chi connectivity index (χ1n) is 10.9. The van der Waals surface area contributed by atoms with E-state index in [2.05, 4.69) is 23.5 Å². The van der Waals surface area contributed by atoms with Crippen LogP contribution in [0.1, 0.15) is 65.1 Å². The van der Waals surface area contributed by atoms with Crippen molar-refractivity contribution in [3.05, 3.63) is 70.5 Å². The van der Waals surface area contributed by atoms with Crippen molar-refractivity contribution in [3.8, 4) is 0 Å². The summed E-state index contributed by atoms with van der Waals surface area (Å²) in [4.78, 5) is 14.6. The lowest BCUT2D eigenvalue weighted by Crippen LogP contribution is -2.39. The second-order valence-corrected chi connectivity index (χ2v) is 8.32. The molecule has 0 saturated heterocycles. The molecule has 0 spiro atoms. The molecule has 0 unspecified atom stereocenters. The maximum atomic E-state index is 13.1. The highest BCUT2D eigenvalue weighted by molar-refractivity contribution is 5.94. The average molecular weight is 413 g/mol. The third-order valence-corrected chi connectivity index (χ3v) is 6.29. The number of aliphatic hydroxyl groups is 1. The number of rotatable bonds is 8. The van der Waals surface area contributed by atoms with Gasteiger partial charge in [-0.2, -0.15) is 0 Å². The van der Waals surface area contributed by atoms with Gasteiger partial charge in [-0.1, -0.05) is 18.2 Å². The molecule has 1 fully saturated rings. The van der Waals surface area contributed by atoms with Gasteiger partial charge < -0.3 is 15.3 Å². The Kier molecular flexibility index (Phi) is 8.00. The van der Waals surface area contributed by atoms with Gasteiger partial charge in [0.2, 0.25) is 0 Å². The van der Waals surface area contributed by atoms with Crippen molar-refractivity contribution < 1.29 is 14.3 Å². The highest BCUT2D eigenvalue weighted by atomic mass is 19.1. The summed E-state index contributed by atoms with van der Waals surface area (Å²) in [6.07, 6.45) is 5.74. The van der Waals surface area contributed by atoms with Crippen molar-refractivity contribution >= 4 is 5.91 Å². The molecular formula is C25H33FN2O2. The van der Waals surface area contributed by atoms with E-state index in [9.17, 15) is 9.18 Å². The van der Waals surface area contributed by atoms with Gasteiger partial charge in [0, 0.05) is 31.8 Å². The van der Waals surface area contributed by atoms with E-state index in [4.69, 9.17) is 5.11 Å². The second-order valence-electron chi connectivity index (χ2n) is 8.32. The normalized spacial score (nSPS) is 18.9. The van der Waals surface area contributed by atoms with Crippen molar-refractivity contribution in [2.45, 2.75) is 57.0 Å². The Hall–Kier alpha value is -2.24. The van der Waals surface area contributed by atoms with Crippen molar-refractivity contribution in [3.63, 3.8) is 0 Å². The molecule has 162 valence electrons. The lowest BCUT2D eigenvalue weighted by Gasteiger charge is -2.35. The van der Waals surface area contributed by atoms with Crippen LogP contribution in [0.25, 0.3) is 0 Å². The fourth-order valence-corrected chi connectivity index (χ4v) is 4.58. The molecule has 2 N–H and O–H groups in total. The molecule has 5 heteroatoms. The molecule has 0 radical (unpaired) electrons. The Morgan fingerprint density at radius 2 is 1.83 bits per heavy atom. The number of hydrogen-bond donors (Lipinski definition) is 2. The Balaban J connectivity index is 1.64. The highest BCUT2D eigenvalue weighted by Crippen LogP contribution is 2.36. The van der Waals surface area contributed by atoms with Crippen LogP contribution in [0.3, 0.4) is 0 Å². The molecule has 1 saturated carbocycles. The minimum atomic E-state index is -0.325. The van der Waals surface area contributed by atoms with Gasteiger partial charge in [-0.25, -0.2) is 4.39 Å². The minimum Gasteiger partial charge on any atom is -0.396 e. The largest absolute Gasteiger partial charge is 0.396 e. The molecule has 4 nitrogen and oxygen atoms in total. The van der Waals surface area contributed by atoms with Crippen LogP contribution in [0.2, 0.25) is 0 Å². The number of nitrogens with one attached hydrogen (secondary N) is 1. The lowest BCUT2D eigenvalue weighted by molar-refractivity contribution is 0.0689. The average Bonchev–Trinajstić information content (AvgIpc) is 2.78. The fraction of sp³-hybridized carbons (Fsp3) is 0.480. The topological polar surface area (TPSA) is 52.6 Å². The van der Waals surface area contributed by atoms with Crippen LogP contribution >= 0.6 is 0 Å². The van der Waals surface area contributed by atoms with Gasteiger partial charge in [0.05, 0.1) is 0 Å². The third kappa shape index (κ3) is 5.46. The van der Waals surface area contributed by atoms with Gasteiger partial charge in [0.15, 0.2) is 0 Å². The monoisotopic (exact) mass is 412 g/mol. The Morgan fingerprint density at radius 1 is 1.13 bits per heavy atom. The van der Waals surface area contributed by atoms with Gasteiger partial charge >= 0.3 is 0 Å². The molecule has 1 aliphatic carbocycles. The summed E-state index contributed by atoms with van der Waals surface area (Å²) in [5.41, 5.74) is 4.56. The molecular weight excluding hydrogens is 379 g/mol. The van der Waals surface area contributed by atoms with Gasteiger partial charge in [-0.05, 0) is 92.4 Å². The summed E-state index contributed by atoms with van der Waals surface area (Å²) >= 11 is 0. The van der Waals surface area contributed by atoms with E-state index in [0.717, 1.165) is 45.1 Å². The minimum absolute atomic E-state index is 0.0393. The van der Waals surface area contributed by atoms with E-state index in [1.807, 2.05) is 19.0 Å². The standard InChI is InChI=1S/C25H33FN2O2/c1-27-17-21-16-18(4-3-15-29)5-14-24(21)19-8-12-23(13-9-19)28(2)25(30)20-6-10-22(26)11-7-20/h5-7,10-11,14,16,19,23,27,29H,3-4,8-9,12-13,15,17H2,1-2H3/t19-,23-. The number of carbonyl (C=O) groups excluding carboxylic acids is 1. The zero-order valence-corrected chi connectivity index (χ0v) is 18.0. The molecule has 0 bridgehead atoms. The number of carbonyl (C=O) groups is 1. The molecule has 1 aliphatic rings. The Labute approximate surface area is 179 Å². The van der Waals surface area contributed by atoms with Crippen LogP contribution in [0.15, 0.2) is 42.5 Å². The van der Waals surface area contributed by atoms with E-state index in [-0.39, 0.29) is 24.4 Å². The van der Waals surface area contributed by atoms with E-state index in [0.29, 0.717) is 11.5 Å². The Morgan fingerprint density at radius 3 is 2.47 bits per heavy atom. The SMILES string of the molecule is CNCc1cc(CCCO)ccc1[C@H]1CC[C@H](N(C)C(=O)c2ccc(F)cc2)CC1. The number of benzene rings is 2. The van der Waals surface area contributed by atoms with Crippen molar-refractivity contribution in [1.29, 1.82) is 0 Å². The van der Waals surface area contributed by atoms with Crippen molar-refractivity contribution in [1.82, 2.24) is 10.2 Å². The Bertz CT molecular complexity index is 830. The van der Waals surface area contributed by atoms with Gasteiger partial charge in [0.25, 0.3) is 5.91 Å². The molecule has 3 rings (SSSR count). The molecule has 0 aromatic heterocycles. The molecule has 30 heavy (non-hydrogen) atoms. The van der Waals surface area contributed by atoms with Crippen LogP contribution in [0.5, 0.6) is 0 Å². The first kappa shape index (κ1) is 22.4. The molecule has 0 atom stereocenters. The van der Waals surface area contributed by atoms with Crippen LogP contribution in [-0.2, 0) is 13.0 Å². The summed E-state index contributed by atoms with van der Waals surface area (Å²) in [6, 6.07) is 12.7. The fourth-order valence-electron chi connectivity index (χ4n) is 4.58. The highest BCUT2D eigenvalue weighted by Gasteiger charge is 2.28. The number of halogens is 1. The van der Waals surface area contributed by atoms with Crippen LogP contribution < -0.4 is 5.32 Å². The summed E-state index contributed by atoms with van der Waals surface area (Å²) in [6.45, 7) is 1.06. The van der Waals surface area contributed by atoms with E-state index in [1.165, 1.54) is 28.8 Å². The lowest BCUT2D eigenvalue weighted by atomic mass is 9.79. The summed E-state index contributed by atoms with van der Waals surface area (Å²) < 4.78 is 13.1. The smallest absolute Gasteiger partial charge is 0.253 e. The second kappa shape index (κ2) is 10.7. The van der Waals surface area contributed by atoms with E-state index >= 15 is 0 Å². The number of amides is 1. The number of aryl methyl sites for hydroxylation is 1. The molecule has 0 aliphatic heterocycles. The van der Waals surface area contributed by atoms with Crippen molar-refractivity contribution in [2.24, 2.45) is 0 Å². The molecule has 2 aromatic rings. The predicted molar refractivity (Wildman–Crippen MR) is 118 cm³/mol. The third-order valence-electron chi connectivity index (χ3n) is 6.29. The van der Waals surface area contributed by atoms with Crippen LogP contribution in [-0.4, -0.2) is 42.7 Å². The molecule has 0 heterocycles. The summed E-state index contributed by atoms with van der Waals surface area (Å²) in [7, 11) is 3.83. The number of aliphatic hydroxyl groups excluding tert-OH is 1. The zero-order valence-electron chi connectivity index (χ0n) is 18.0. The number of hydrogen-bond acceptors (Lipinski definition) is 3.